The highest BCUT2D eigenvalue weighted by atomic mass is 16.5. The van der Waals surface area contributed by atoms with E-state index >= 15 is 0 Å². The number of aryl methyl sites for hydroxylation is 1. The summed E-state index contributed by atoms with van der Waals surface area (Å²) in [5, 5.41) is 9.42. The molecule has 0 aromatic carbocycles. The fourth-order valence-electron chi connectivity index (χ4n) is 1.37. The van der Waals surface area contributed by atoms with Gasteiger partial charge in [-0.1, -0.05) is 0 Å². The number of aliphatic hydroxyl groups excluding tert-OH is 1. The van der Waals surface area contributed by atoms with Gasteiger partial charge in [0, 0.05) is 31.0 Å². The number of nitrogens with zero attached hydrogens (tertiary/aromatic N) is 2. The van der Waals surface area contributed by atoms with Crippen molar-refractivity contribution in [2.75, 3.05) is 7.11 Å². The second kappa shape index (κ2) is 5.19. The van der Waals surface area contributed by atoms with Crippen molar-refractivity contribution in [1.29, 1.82) is 0 Å². The Bertz CT molecular complexity index is 326. The number of ether oxygens (including phenoxy) is 1. The first kappa shape index (κ1) is 12.1. The first-order chi connectivity index (χ1) is 7.04. The van der Waals surface area contributed by atoms with Crippen LogP contribution in [0, 0.1) is 6.92 Å². The Labute approximate surface area is 90.3 Å². The predicted octanol–water partition coefficient (Wildman–Crippen LogP) is 1.42. The highest BCUT2D eigenvalue weighted by molar-refractivity contribution is 5.18. The normalized spacial score (nSPS) is 15.0. The van der Waals surface area contributed by atoms with Crippen LogP contribution in [0.25, 0.3) is 0 Å². The average Bonchev–Trinajstić information content (AvgIpc) is 2.17. The van der Waals surface area contributed by atoms with E-state index in [-0.39, 0.29) is 6.10 Å². The summed E-state index contributed by atoms with van der Waals surface area (Å²) in [4.78, 5) is 8.53. The Balaban J connectivity index is 2.82. The van der Waals surface area contributed by atoms with Crippen LogP contribution in [0.4, 0.5) is 0 Å². The fourth-order valence-corrected chi connectivity index (χ4v) is 1.37. The molecular weight excluding hydrogens is 192 g/mol. The third kappa shape index (κ3) is 3.25. The summed E-state index contributed by atoms with van der Waals surface area (Å²) in [6, 6.07) is 0. The topological polar surface area (TPSA) is 55.2 Å². The second-order valence-corrected chi connectivity index (χ2v) is 3.75. The van der Waals surface area contributed by atoms with Crippen LogP contribution in [0.15, 0.2) is 6.20 Å². The molecule has 0 spiro atoms. The zero-order chi connectivity index (χ0) is 11.4. The summed E-state index contributed by atoms with van der Waals surface area (Å²) >= 11 is 0. The van der Waals surface area contributed by atoms with E-state index in [2.05, 4.69) is 9.97 Å². The van der Waals surface area contributed by atoms with Crippen molar-refractivity contribution in [2.24, 2.45) is 0 Å². The van der Waals surface area contributed by atoms with E-state index in [0.29, 0.717) is 6.42 Å². The maximum atomic E-state index is 9.42. The fraction of sp³-hybridized carbons (Fsp3) is 0.636. The average molecular weight is 210 g/mol. The van der Waals surface area contributed by atoms with Gasteiger partial charge >= 0.3 is 0 Å². The number of rotatable bonds is 4. The van der Waals surface area contributed by atoms with Crippen LogP contribution in [0.3, 0.4) is 0 Å². The zero-order valence-corrected chi connectivity index (χ0v) is 9.69. The predicted molar refractivity (Wildman–Crippen MR) is 57.6 cm³/mol. The molecule has 1 N–H and O–H groups in total. The monoisotopic (exact) mass is 210 g/mol. The standard InChI is InChI=1S/C11H18N2O2/c1-7(15-4)5-11-12-6-10(9(3)14)8(2)13-11/h6-7,9,14H,5H2,1-4H3/t7?,9-/m1/s1. The minimum atomic E-state index is -0.515. The van der Waals surface area contributed by atoms with Crippen molar-refractivity contribution < 1.29 is 9.84 Å². The molecule has 0 amide bonds. The summed E-state index contributed by atoms with van der Waals surface area (Å²) in [5.41, 5.74) is 1.61. The SMILES string of the molecule is COC(C)Cc1ncc([C@@H](C)O)c(C)n1. The van der Waals surface area contributed by atoms with E-state index in [9.17, 15) is 5.11 Å². The summed E-state index contributed by atoms with van der Waals surface area (Å²) in [5.74, 6) is 0.756. The van der Waals surface area contributed by atoms with Gasteiger partial charge in [0.25, 0.3) is 0 Å². The lowest BCUT2D eigenvalue weighted by atomic mass is 10.1. The van der Waals surface area contributed by atoms with Gasteiger partial charge in [-0.3, -0.25) is 0 Å². The highest BCUT2D eigenvalue weighted by Gasteiger charge is 2.09. The zero-order valence-electron chi connectivity index (χ0n) is 9.69. The maximum Gasteiger partial charge on any atom is 0.131 e. The van der Waals surface area contributed by atoms with Crippen molar-refractivity contribution in [1.82, 2.24) is 9.97 Å². The molecule has 0 saturated heterocycles. The van der Waals surface area contributed by atoms with Crippen LogP contribution in [0.1, 0.15) is 37.0 Å². The van der Waals surface area contributed by atoms with Crippen molar-refractivity contribution in [2.45, 2.75) is 39.4 Å². The molecule has 4 nitrogen and oxygen atoms in total. The van der Waals surface area contributed by atoms with Crippen LogP contribution in [-0.2, 0) is 11.2 Å². The lowest BCUT2D eigenvalue weighted by Crippen LogP contribution is -2.12. The van der Waals surface area contributed by atoms with Gasteiger partial charge in [0.15, 0.2) is 0 Å². The van der Waals surface area contributed by atoms with Crippen LogP contribution in [0.5, 0.6) is 0 Å². The van der Waals surface area contributed by atoms with Gasteiger partial charge in [-0.2, -0.15) is 0 Å². The van der Waals surface area contributed by atoms with Gasteiger partial charge < -0.3 is 9.84 Å². The number of methoxy groups -OCH3 is 1. The molecule has 2 atom stereocenters. The van der Waals surface area contributed by atoms with E-state index in [1.54, 1.807) is 20.2 Å². The van der Waals surface area contributed by atoms with Crippen LogP contribution in [-0.4, -0.2) is 28.3 Å². The number of aromatic nitrogens is 2. The molecule has 1 unspecified atom stereocenters. The summed E-state index contributed by atoms with van der Waals surface area (Å²) in [6.45, 7) is 5.56. The van der Waals surface area contributed by atoms with E-state index in [4.69, 9.17) is 4.74 Å². The van der Waals surface area contributed by atoms with Crippen molar-refractivity contribution in [3.63, 3.8) is 0 Å². The molecule has 84 valence electrons. The molecule has 0 bridgehead atoms. The molecule has 1 heterocycles. The van der Waals surface area contributed by atoms with Gasteiger partial charge in [0.1, 0.15) is 5.82 Å². The van der Waals surface area contributed by atoms with Gasteiger partial charge in [-0.05, 0) is 20.8 Å². The molecular formula is C11H18N2O2. The van der Waals surface area contributed by atoms with Crippen LogP contribution >= 0.6 is 0 Å². The van der Waals surface area contributed by atoms with Crippen LogP contribution in [0.2, 0.25) is 0 Å². The first-order valence-electron chi connectivity index (χ1n) is 5.08. The largest absolute Gasteiger partial charge is 0.389 e. The van der Waals surface area contributed by atoms with Crippen molar-refractivity contribution >= 4 is 0 Å². The minimum Gasteiger partial charge on any atom is -0.389 e. The molecule has 1 aromatic heterocycles. The third-order valence-corrected chi connectivity index (χ3v) is 2.39. The van der Waals surface area contributed by atoms with Gasteiger partial charge in [-0.15, -0.1) is 0 Å². The van der Waals surface area contributed by atoms with Gasteiger partial charge in [0.2, 0.25) is 0 Å². The second-order valence-electron chi connectivity index (χ2n) is 3.75. The van der Waals surface area contributed by atoms with Crippen LogP contribution < -0.4 is 0 Å². The van der Waals surface area contributed by atoms with E-state index < -0.39 is 6.10 Å². The highest BCUT2D eigenvalue weighted by Crippen LogP contribution is 2.14. The van der Waals surface area contributed by atoms with Crippen molar-refractivity contribution in [3.8, 4) is 0 Å². The van der Waals surface area contributed by atoms with E-state index in [1.165, 1.54) is 0 Å². The molecule has 4 heteroatoms. The Hall–Kier alpha value is -1.00. The number of aliphatic hydroxyl groups is 1. The molecule has 0 aliphatic heterocycles. The molecule has 15 heavy (non-hydrogen) atoms. The minimum absolute atomic E-state index is 0.113. The lowest BCUT2D eigenvalue weighted by Gasteiger charge is -2.11. The summed E-state index contributed by atoms with van der Waals surface area (Å²) < 4.78 is 5.14. The lowest BCUT2D eigenvalue weighted by molar-refractivity contribution is 0.117. The summed E-state index contributed by atoms with van der Waals surface area (Å²) in [7, 11) is 1.67. The molecule has 0 aliphatic rings. The quantitative estimate of drug-likeness (QED) is 0.816. The third-order valence-electron chi connectivity index (χ3n) is 2.39. The molecule has 1 aromatic rings. The summed E-state index contributed by atoms with van der Waals surface area (Å²) in [6.07, 6.45) is 1.97. The molecule has 0 radical (unpaired) electrons. The Morgan fingerprint density at radius 1 is 1.47 bits per heavy atom. The van der Waals surface area contributed by atoms with E-state index in [0.717, 1.165) is 17.1 Å². The van der Waals surface area contributed by atoms with E-state index in [1.807, 2.05) is 13.8 Å². The Kier molecular flexibility index (Phi) is 4.17. The van der Waals surface area contributed by atoms with Gasteiger partial charge in [-0.25, -0.2) is 9.97 Å². The maximum absolute atomic E-state index is 9.42. The smallest absolute Gasteiger partial charge is 0.131 e. The number of hydrogen-bond donors (Lipinski definition) is 1. The van der Waals surface area contributed by atoms with Gasteiger partial charge in [0.05, 0.1) is 12.2 Å². The molecule has 1 rings (SSSR count). The van der Waals surface area contributed by atoms with Crippen molar-refractivity contribution in [3.05, 3.63) is 23.3 Å². The molecule has 0 fully saturated rings. The number of hydrogen-bond acceptors (Lipinski definition) is 4. The molecule has 0 aliphatic carbocycles. The first-order valence-corrected chi connectivity index (χ1v) is 5.08. The molecule has 0 saturated carbocycles. The Morgan fingerprint density at radius 3 is 2.60 bits per heavy atom. The Morgan fingerprint density at radius 2 is 2.13 bits per heavy atom.